The zero-order valence-corrected chi connectivity index (χ0v) is 13.8. The van der Waals surface area contributed by atoms with Crippen LogP contribution in [0, 0.1) is 5.82 Å². The zero-order chi connectivity index (χ0) is 16.0. The minimum Gasteiger partial charge on any atom is -0.300 e. The maximum atomic E-state index is 13.6. The molecule has 0 amide bonds. The van der Waals surface area contributed by atoms with Crippen molar-refractivity contribution >= 4 is 10.2 Å². The fourth-order valence-electron chi connectivity index (χ4n) is 2.50. The predicted molar refractivity (Wildman–Crippen MR) is 85.3 cm³/mol. The normalized spacial score (nSPS) is 17.7. The van der Waals surface area contributed by atoms with Gasteiger partial charge in [0.15, 0.2) is 0 Å². The van der Waals surface area contributed by atoms with E-state index >= 15 is 0 Å². The van der Waals surface area contributed by atoms with E-state index in [1.54, 1.807) is 12.1 Å². The average Bonchev–Trinajstić information content (AvgIpc) is 2.53. The monoisotopic (exact) mass is 329 g/mol. The first-order valence-electron chi connectivity index (χ1n) is 7.73. The Morgan fingerprint density at radius 2 is 1.86 bits per heavy atom. The molecule has 1 heterocycles. The highest BCUT2D eigenvalue weighted by Crippen LogP contribution is 2.10. The molecule has 0 saturated carbocycles. The molecular weight excluding hydrogens is 305 g/mol. The van der Waals surface area contributed by atoms with Gasteiger partial charge in [-0.3, -0.25) is 0 Å². The van der Waals surface area contributed by atoms with E-state index in [1.165, 1.54) is 10.4 Å². The van der Waals surface area contributed by atoms with Crippen LogP contribution in [-0.2, 0) is 16.6 Å². The van der Waals surface area contributed by atoms with E-state index in [1.807, 2.05) is 13.0 Å². The first-order chi connectivity index (χ1) is 10.5. The number of rotatable bonds is 7. The molecule has 2 rings (SSSR count). The zero-order valence-electron chi connectivity index (χ0n) is 13.0. The van der Waals surface area contributed by atoms with Crippen LogP contribution in [0.25, 0.3) is 0 Å². The lowest BCUT2D eigenvalue weighted by atomic mass is 10.1. The highest BCUT2D eigenvalue weighted by Gasteiger charge is 2.26. The first kappa shape index (κ1) is 17.3. The highest BCUT2D eigenvalue weighted by atomic mass is 32.2. The Labute approximate surface area is 132 Å². The molecule has 1 aromatic carbocycles. The second-order valence-electron chi connectivity index (χ2n) is 5.48. The van der Waals surface area contributed by atoms with Crippen LogP contribution in [0.15, 0.2) is 24.3 Å². The number of hydrogen-bond donors (Lipinski definition) is 1. The van der Waals surface area contributed by atoms with Crippen molar-refractivity contribution in [3.8, 4) is 0 Å². The largest absolute Gasteiger partial charge is 0.300 e. The van der Waals surface area contributed by atoms with E-state index in [0.29, 0.717) is 44.7 Å². The van der Waals surface area contributed by atoms with Crippen molar-refractivity contribution in [2.75, 3.05) is 39.3 Å². The van der Waals surface area contributed by atoms with E-state index < -0.39 is 10.2 Å². The number of benzene rings is 1. The molecule has 22 heavy (non-hydrogen) atoms. The van der Waals surface area contributed by atoms with Crippen molar-refractivity contribution in [3.05, 3.63) is 35.6 Å². The van der Waals surface area contributed by atoms with Crippen molar-refractivity contribution in [1.29, 1.82) is 0 Å². The van der Waals surface area contributed by atoms with Gasteiger partial charge >= 0.3 is 0 Å². The molecule has 0 radical (unpaired) electrons. The molecule has 1 fully saturated rings. The van der Waals surface area contributed by atoms with Crippen LogP contribution in [-0.4, -0.2) is 56.9 Å². The Balaban J connectivity index is 1.79. The highest BCUT2D eigenvalue weighted by molar-refractivity contribution is 7.87. The van der Waals surface area contributed by atoms with Crippen LogP contribution in [0.5, 0.6) is 0 Å². The standard InChI is InChI=1S/C15H24FN3O2S/c1-2-8-17-22(20,21)19-12-10-18(11-13-19)9-7-14-5-3-4-6-15(14)16/h3-6,17H,2,7-13H2,1H3. The van der Waals surface area contributed by atoms with Gasteiger partial charge in [-0.1, -0.05) is 25.1 Å². The Hall–Kier alpha value is -1.02. The number of piperazine rings is 1. The Morgan fingerprint density at radius 3 is 2.50 bits per heavy atom. The molecule has 0 atom stereocenters. The van der Waals surface area contributed by atoms with E-state index in [0.717, 1.165) is 13.0 Å². The van der Waals surface area contributed by atoms with Gasteiger partial charge in [0.05, 0.1) is 0 Å². The molecule has 5 nitrogen and oxygen atoms in total. The van der Waals surface area contributed by atoms with Crippen molar-refractivity contribution in [2.45, 2.75) is 19.8 Å². The fraction of sp³-hybridized carbons (Fsp3) is 0.600. The molecule has 1 aromatic rings. The Morgan fingerprint density at radius 1 is 1.18 bits per heavy atom. The van der Waals surface area contributed by atoms with Gasteiger partial charge in [-0.25, -0.2) is 9.11 Å². The number of nitrogens with one attached hydrogen (secondary N) is 1. The number of halogens is 1. The lowest BCUT2D eigenvalue weighted by Gasteiger charge is -2.33. The summed E-state index contributed by atoms with van der Waals surface area (Å²) in [5.74, 6) is -0.174. The van der Waals surface area contributed by atoms with Gasteiger partial charge in [-0.05, 0) is 24.5 Å². The molecule has 7 heteroatoms. The summed E-state index contributed by atoms with van der Waals surface area (Å²) < 4.78 is 41.7. The molecule has 0 unspecified atom stereocenters. The van der Waals surface area contributed by atoms with E-state index in [4.69, 9.17) is 0 Å². The lowest BCUT2D eigenvalue weighted by molar-refractivity contribution is 0.188. The third kappa shape index (κ3) is 4.74. The molecule has 1 aliphatic heterocycles. The quantitative estimate of drug-likeness (QED) is 0.819. The molecule has 0 bridgehead atoms. The van der Waals surface area contributed by atoms with E-state index in [-0.39, 0.29) is 5.82 Å². The van der Waals surface area contributed by atoms with Crippen LogP contribution in [0.4, 0.5) is 4.39 Å². The van der Waals surface area contributed by atoms with Gasteiger partial charge in [-0.15, -0.1) is 0 Å². The van der Waals surface area contributed by atoms with Crippen molar-refractivity contribution in [1.82, 2.24) is 13.9 Å². The number of hydrogen-bond acceptors (Lipinski definition) is 3. The molecule has 0 aliphatic carbocycles. The van der Waals surface area contributed by atoms with Gasteiger partial charge in [0, 0.05) is 39.3 Å². The van der Waals surface area contributed by atoms with Crippen molar-refractivity contribution in [2.24, 2.45) is 0 Å². The Bertz CT molecular complexity index is 572. The van der Waals surface area contributed by atoms with Crippen LogP contribution >= 0.6 is 0 Å². The van der Waals surface area contributed by atoms with Gasteiger partial charge < -0.3 is 4.90 Å². The third-order valence-corrected chi connectivity index (χ3v) is 5.47. The molecule has 124 valence electrons. The summed E-state index contributed by atoms with van der Waals surface area (Å²) in [6.07, 6.45) is 1.43. The fourth-order valence-corrected chi connectivity index (χ4v) is 3.78. The molecular formula is C15H24FN3O2S. The van der Waals surface area contributed by atoms with Crippen LogP contribution in [0.2, 0.25) is 0 Å². The minimum absolute atomic E-state index is 0.174. The molecule has 1 aliphatic rings. The van der Waals surface area contributed by atoms with Crippen molar-refractivity contribution in [3.63, 3.8) is 0 Å². The van der Waals surface area contributed by atoms with Crippen molar-refractivity contribution < 1.29 is 12.8 Å². The van der Waals surface area contributed by atoms with Gasteiger partial charge in [0.2, 0.25) is 0 Å². The SMILES string of the molecule is CCCNS(=O)(=O)N1CCN(CCc2ccccc2F)CC1. The second kappa shape index (κ2) is 8.01. The van der Waals surface area contributed by atoms with Gasteiger partial charge in [0.1, 0.15) is 5.82 Å². The lowest BCUT2D eigenvalue weighted by Crippen LogP contribution is -2.52. The summed E-state index contributed by atoms with van der Waals surface area (Å²) in [6, 6.07) is 6.79. The van der Waals surface area contributed by atoms with Crippen LogP contribution in [0.1, 0.15) is 18.9 Å². The second-order valence-corrected chi connectivity index (χ2v) is 7.24. The summed E-state index contributed by atoms with van der Waals surface area (Å²) in [6.45, 7) is 5.48. The van der Waals surface area contributed by atoms with Gasteiger partial charge in [0.25, 0.3) is 10.2 Å². The summed E-state index contributed by atoms with van der Waals surface area (Å²) >= 11 is 0. The molecule has 1 N–H and O–H groups in total. The summed E-state index contributed by atoms with van der Waals surface area (Å²) in [7, 11) is -3.35. The van der Waals surface area contributed by atoms with Crippen LogP contribution in [0.3, 0.4) is 0 Å². The summed E-state index contributed by atoms with van der Waals surface area (Å²) in [4.78, 5) is 2.18. The summed E-state index contributed by atoms with van der Waals surface area (Å²) in [5, 5.41) is 0. The van der Waals surface area contributed by atoms with E-state index in [2.05, 4.69) is 9.62 Å². The predicted octanol–water partition coefficient (Wildman–Crippen LogP) is 1.23. The Kier molecular flexibility index (Phi) is 6.31. The third-order valence-electron chi connectivity index (χ3n) is 3.86. The molecule has 1 saturated heterocycles. The van der Waals surface area contributed by atoms with Gasteiger partial charge in [-0.2, -0.15) is 12.7 Å². The van der Waals surface area contributed by atoms with E-state index in [9.17, 15) is 12.8 Å². The average molecular weight is 329 g/mol. The number of nitrogens with zero attached hydrogens (tertiary/aromatic N) is 2. The smallest absolute Gasteiger partial charge is 0.279 e. The minimum atomic E-state index is -3.35. The first-order valence-corrected chi connectivity index (χ1v) is 9.17. The van der Waals surface area contributed by atoms with Crippen LogP contribution < -0.4 is 4.72 Å². The molecule has 0 spiro atoms. The topological polar surface area (TPSA) is 52.7 Å². The summed E-state index contributed by atoms with van der Waals surface area (Å²) in [5.41, 5.74) is 0.710. The maximum absolute atomic E-state index is 13.6. The maximum Gasteiger partial charge on any atom is 0.279 e. The molecule has 0 aromatic heterocycles.